The third kappa shape index (κ3) is 2.94. The number of aryl methyl sites for hydroxylation is 2. The van der Waals surface area contributed by atoms with Crippen LogP contribution in [-0.4, -0.2) is 10.1 Å². The molecule has 2 N–H and O–H groups in total. The van der Waals surface area contributed by atoms with Gasteiger partial charge in [0, 0.05) is 10.9 Å². The molecule has 1 heterocycles. The Bertz CT molecular complexity index is 573. The molecule has 0 unspecified atom stereocenters. The molecule has 1 saturated carbocycles. The minimum absolute atomic E-state index is 0.362. The quantitative estimate of drug-likeness (QED) is 0.930. The van der Waals surface area contributed by atoms with Gasteiger partial charge in [0.1, 0.15) is 0 Å². The molecule has 0 atom stereocenters. The molecule has 106 valence electrons. The van der Waals surface area contributed by atoms with Crippen LogP contribution in [0.5, 0.6) is 0 Å². The number of rotatable bonds is 4. The van der Waals surface area contributed by atoms with Crippen LogP contribution in [0.4, 0.5) is 0 Å². The van der Waals surface area contributed by atoms with Gasteiger partial charge in [0.2, 0.25) is 5.89 Å². The molecular formula is C15H18BrN3O. The average molecular weight is 336 g/mol. The largest absolute Gasteiger partial charge is 0.339 e. The minimum Gasteiger partial charge on any atom is -0.339 e. The van der Waals surface area contributed by atoms with Gasteiger partial charge in [-0.05, 0) is 37.0 Å². The van der Waals surface area contributed by atoms with Crippen molar-refractivity contribution in [2.45, 2.75) is 44.1 Å². The molecule has 1 aromatic heterocycles. The summed E-state index contributed by atoms with van der Waals surface area (Å²) in [7, 11) is 0. The SMILES string of the molecule is NC1(c2noc(CCc3ccc(Br)cc3)n2)CCCC1. The van der Waals surface area contributed by atoms with E-state index in [0.717, 1.165) is 43.0 Å². The lowest BCUT2D eigenvalue weighted by Crippen LogP contribution is -2.34. The van der Waals surface area contributed by atoms with Gasteiger partial charge in [-0.15, -0.1) is 0 Å². The van der Waals surface area contributed by atoms with E-state index in [9.17, 15) is 0 Å². The van der Waals surface area contributed by atoms with Gasteiger partial charge < -0.3 is 10.3 Å². The lowest BCUT2D eigenvalue weighted by atomic mass is 9.99. The zero-order valence-corrected chi connectivity index (χ0v) is 12.9. The Hall–Kier alpha value is -1.20. The van der Waals surface area contributed by atoms with Crippen LogP contribution in [0, 0.1) is 0 Å². The second kappa shape index (κ2) is 5.66. The highest BCUT2D eigenvalue weighted by molar-refractivity contribution is 9.10. The van der Waals surface area contributed by atoms with E-state index in [1.807, 2.05) is 12.1 Å². The Morgan fingerprint density at radius 1 is 1.15 bits per heavy atom. The van der Waals surface area contributed by atoms with Crippen LogP contribution >= 0.6 is 15.9 Å². The highest BCUT2D eigenvalue weighted by atomic mass is 79.9. The van der Waals surface area contributed by atoms with Crippen molar-refractivity contribution in [2.75, 3.05) is 0 Å². The van der Waals surface area contributed by atoms with Crippen molar-refractivity contribution in [3.05, 3.63) is 46.0 Å². The molecule has 0 bridgehead atoms. The van der Waals surface area contributed by atoms with Gasteiger partial charge in [-0.1, -0.05) is 46.1 Å². The smallest absolute Gasteiger partial charge is 0.227 e. The summed E-state index contributed by atoms with van der Waals surface area (Å²) in [5.74, 6) is 1.36. The Balaban J connectivity index is 1.64. The summed E-state index contributed by atoms with van der Waals surface area (Å²) in [5, 5.41) is 4.08. The maximum absolute atomic E-state index is 6.33. The van der Waals surface area contributed by atoms with Gasteiger partial charge in [-0.3, -0.25) is 0 Å². The third-order valence-electron chi connectivity index (χ3n) is 3.95. The molecular weight excluding hydrogens is 318 g/mol. The first-order chi connectivity index (χ1) is 9.66. The van der Waals surface area contributed by atoms with Gasteiger partial charge in [0.05, 0.1) is 5.54 Å². The van der Waals surface area contributed by atoms with Crippen LogP contribution in [0.2, 0.25) is 0 Å². The van der Waals surface area contributed by atoms with Crippen LogP contribution in [0.25, 0.3) is 0 Å². The van der Waals surface area contributed by atoms with Crippen LogP contribution < -0.4 is 5.73 Å². The lowest BCUT2D eigenvalue weighted by Gasteiger charge is -2.17. The summed E-state index contributed by atoms with van der Waals surface area (Å²) in [6.45, 7) is 0. The third-order valence-corrected chi connectivity index (χ3v) is 4.48. The van der Waals surface area contributed by atoms with Gasteiger partial charge >= 0.3 is 0 Å². The topological polar surface area (TPSA) is 64.9 Å². The van der Waals surface area contributed by atoms with E-state index in [4.69, 9.17) is 10.3 Å². The maximum Gasteiger partial charge on any atom is 0.227 e. The minimum atomic E-state index is -0.362. The fourth-order valence-corrected chi connectivity index (χ4v) is 2.95. The Morgan fingerprint density at radius 2 is 1.85 bits per heavy atom. The molecule has 0 amide bonds. The first-order valence-electron chi connectivity index (χ1n) is 7.02. The number of nitrogens with zero attached hydrogens (tertiary/aromatic N) is 2. The Morgan fingerprint density at radius 3 is 2.55 bits per heavy atom. The van der Waals surface area contributed by atoms with Gasteiger partial charge in [-0.25, -0.2) is 0 Å². The summed E-state index contributed by atoms with van der Waals surface area (Å²) in [6, 6.07) is 8.29. The molecule has 5 heteroatoms. The molecule has 1 aliphatic carbocycles. The number of hydrogen-bond acceptors (Lipinski definition) is 4. The number of hydrogen-bond donors (Lipinski definition) is 1. The highest BCUT2D eigenvalue weighted by Gasteiger charge is 2.35. The molecule has 2 aromatic rings. The molecule has 1 fully saturated rings. The molecule has 0 radical (unpaired) electrons. The predicted octanol–water partition coefficient (Wildman–Crippen LogP) is 3.35. The molecule has 1 aliphatic rings. The Labute approximate surface area is 126 Å². The molecule has 0 aliphatic heterocycles. The zero-order chi connectivity index (χ0) is 14.0. The molecule has 1 aromatic carbocycles. The second-order valence-electron chi connectivity index (χ2n) is 5.50. The van der Waals surface area contributed by atoms with Crippen LogP contribution in [0.1, 0.15) is 43.0 Å². The van der Waals surface area contributed by atoms with E-state index in [2.05, 4.69) is 38.2 Å². The Kier molecular flexibility index (Phi) is 3.89. The summed E-state index contributed by atoms with van der Waals surface area (Å²) in [5.41, 5.74) is 7.23. The predicted molar refractivity (Wildman–Crippen MR) is 80.2 cm³/mol. The van der Waals surface area contributed by atoms with E-state index in [0.29, 0.717) is 11.7 Å². The van der Waals surface area contributed by atoms with Crippen molar-refractivity contribution in [3.63, 3.8) is 0 Å². The van der Waals surface area contributed by atoms with Crippen molar-refractivity contribution in [3.8, 4) is 0 Å². The summed E-state index contributed by atoms with van der Waals surface area (Å²) < 4.78 is 6.43. The standard InChI is InChI=1S/C15H18BrN3O/c16-12-6-3-11(4-7-12)5-8-13-18-14(19-20-13)15(17)9-1-2-10-15/h3-4,6-7H,1-2,5,8-10,17H2. The molecule has 4 nitrogen and oxygen atoms in total. The van der Waals surface area contributed by atoms with Crippen LogP contribution in [0.15, 0.2) is 33.3 Å². The monoisotopic (exact) mass is 335 g/mol. The molecule has 20 heavy (non-hydrogen) atoms. The van der Waals surface area contributed by atoms with E-state index >= 15 is 0 Å². The fourth-order valence-electron chi connectivity index (χ4n) is 2.69. The van der Waals surface area contributed by atoms with Crippen molar-refractivity contribution >= 4 is 15.9 Å². The second-order valence-corrected chi connectivity index (χ2v) is 6.42. The first kappa shape index (κ1) is 13.8. The van der Waals surface area contributed by atoms with Crippen molar-refractivity contribution in [2.24, 2.45) is 5.73 Å². The molecule has 0 saturated heterocycles. The summed E-state index contributed by atoms with van der Waals surface area (Å²) >= 11 is 3.43. The van der Waals surface area contributed by atoms with Crippen molar-refractivity contribution in [1.82, 2.24) is 10.1 Å². The first-order valence-corrected chi connectivity index (χ1v) is 7.81. The van der Waals surface area contributed by atoms with Crippen LogP contribution in [0.3, 0.4) is 0 Å². The molecule has 3 rings (SSSR count). The van der Waals surface area contributed by atoms with Gasteiger partial charge in [0.25, 0.3) is 0 Å². The summed E-state index contributed by atoms with van der Waals surface area (Å²) in [4.78, 5) is 4.48. The number of aromatic nitrogens is 2. The normalized spacial score (nSPS) is 17.5. The van der Waals surface area contributed by atoms with Crippen molar-refractivity contribution < 1.29 is 4.52 Å². The zero-order valence-electron chi connectivity index (χ0n) is 11.3. The fraction of sp³-hybridized carbons (Fsp3) is 0.467. The molecule has 0 spiro atoms. The van der Waals surface area contributed by atoms with Crippen LogP contribution in [-0.2, 0) is 18.4 Å². The van der Waals surface area contributed by atoms with Crippen molar-refractivity contribution in [1.29, 1.82) is 0 Å². The van der Waals surface area contributed by atoms with E-state index < -0.39 is 0 Å². The van der Waals surface area contributed by atoms with Gasteiger partial charge in [-0.2, -0.15) is 4.98 Å². The average Bonchev–Trinajstić information content (AvgIpc) is 3.08. The number of halogens is 1. The number of benzene rings is 1. The van der Waals surface area contributed by atoms with Gasteiger partial charge in [0.15, 0.2) is 5.82 Å². The highest BCUT2D eigenvalue weighted by Crippen LogP contribution is 2.34. The van der Waals surface area contributed by atoms with E-state index in [-0.39, 0.29) is 5.54 Å². The van der Waals surface area contributed by atoms with E-state index in [1.54, 1.807) is 0 Å². The lowest BCUT2D eigenvalue weighted by molar-refractivity contribution is 0.348. The van der Waals surface area contributed by atoms with E-state index in [1.165, 1.54) is 5.56 Å². The number of nitrogens with two attached hydrogens (primary N) is 1. The maximum atomic E-state index is 6.33. The summed E-state index contributed by atoms with van der Waals surface area (Å²) in [6.07, 6.45) is 5.87.